The summed E-state index contributed by atoms with van der Waals surface area (Å²) in [4.78, 5) is 2.30. The van der Waals surface area contributed by atoms with Crippen molar-refractivity contribution in [2.45, 2.75) is 38.1 Å². The van der Waals surface area contributed by atoms with Crippen molar-refractivity contribution in [3.8, 4) is 22.6 Å². The van der Waals surface area contributed by atoms with Crippen LogP contribution in [0.25, 0.3) is 11.1 Å². The molecule has 3 aromatic carbocycles. The van der Waals surface area contributed by atoms with Crippen molar-refractivity contribution in [1.29, 1.82) is 0 Å². The van der Waals surface area contributed by atoms with Gasteiger partial charge < -0.3 is 10.2 Å². The topological polar surface area (TPSA) is 43.7 Å². The van der Waals surface area contributed by atoms with E-state index in [1.54, 1.807) is 18.2 Å². The van der Waals surface area contributed by atoms with E-state index in [9.17, 15) is 14.6 Å². The van der Waals surface area contributed by atoms with Crippen LogP contribution in [-0.4, -0.2) is 28.2 Å². The summed E-state index contributed by atoms with van der Waals surface area (Å²) >= 11 is 6.57. The smallest absolute Gasteiger partial charge is 0.128 e. The number of phenolic OH excluding ortho intramolecular Hbond substituents is 2. The minimum Gasteiger partial charge on any atom is -0.507 e. The highest BCUT2D eigenvalue weighted by Crippen LogP contribution is 2.45. The molecule has 1 heterocycles. The number of aromatic hydroxyl groups is 2. The van der Waals surface area contributed by atoms with E-state index in [4.69, 9.17) is 11.6 Å². The van der Waals surface area contributed by atoms with E-state index in [2.05, 4.69) is 18.1 Å². The zero-order valence-corrected chi connectivity index (χ0v) is 20.6. The number of hydrogen-bond donors (Lipinski definition) is 2. The summed E-state index contributed by atoms with van der Waals surface area (Å²) in [6.07, 6.45) is 8.09. The van der Waals surface area contributed by atoms with Crippen molar-refractivity contribution in [3.63, 3.8) is 0 Å². The number of benzene rings is 3. The minimum atomic E-state index is -0.398. The number of allylic oxidation sites excluding steroid dienone is 2. The maximum absolute atomic E-state index is 13.9. The molecule has 3 aromatic rings. The van der Waals surface area contributed by atoms with E-state index in [0.29, 0.717) is 34.6 Å². The molecule has 2 N–H and O–H groups in total. The number of likely N-dealkylation sites (tertiary alicyclic amines) is 1. The monoisotopic (exact) mass is 491 g/mol. The molecule has 0 radical (unpaired) electrons. The van der Waals surface area contributed by atoms with E-state index in [1.807, 2.05) is 30.3 Å². The molecule has 0 amide bonds. The number of hydrogen-bond acceptors (Lipinski definition) is 3. The summed E-state index contributed by atoms with van der Waals surface area (Å²) in [6, 6.07) is 13.3. The fraction of sp³-hybridized carbons (Fsp3) is 0.267. The molecule has 0 aromatic heterocycles. The third-order valence-corrected chi connectivity index (χ3v) is 6.95. The van der Waals surface area contributed by atoms with Crippen LogP contribution in [0, 0.1) is 5.82 Å². The Bertz CT molecular complexity index is 1230. The predicted octanol–water partition coefficient (Wildman–Crippen LogP) is 7.59. The SMILES string of the molecule is C=CCc1ccc(O)c(-c2cc(CC=C)cc(C(c3ccc(F)cc3Cl)N3CCCCC3)c2O)c1. The van der Waals surface area contributed by atoms with Crippen molar-refractivity contribution in [3.05, 3.63) is 107 Å². The molecule has 1 aliphatic heterocycles. The Kier molecular flexibility index (Phi) is 7.94. The third kappa shape index (κ3) is 5.44. The lowest BCUT2D eigenvalue weighted by atomic mass is 9.88. The molecule has 0 saturated carbocycles. The molecule has 1 unspecified atom stereocenters. The summed E-state index contributed by atoms with van der Waals surface area (Å²) in [5, 5.41) is 22.8. The molecule has 5 heteroatoms. The first-order chi connectivity index (χ1) is 16.9. The van der Waals surface area contributed by atoms with Crippen LogP contribution >= 0.6 is 11.6 Å². The molecular weight excluding hydrogens is 461 g/mol. The second kappa shape index (κ2) is 11.1. The van der Waals surface area contributed by atoms with Gasteiger partial charge in [-0.25, -0.2) is 4.39 Å². The highest BCUT2D eigenvalue weighted by atomic mass is 35.5. The normalized spacial score (nSPS) is 15.0. The quantitative estimate of drug-likeness (QED) is 0.319. The van der Waals surface area contributed by atoms with Gasteiger partial charge >= 0.3 is 0 Å². The number of phenols is 2. The Morgan fingerprint density at radius 2 is 1.54 bits per heavy atom. The molecule has 0 aliphatic carbocycles. The van der Waals surface area contributed by atoms with Crippen LogP contribution in [0.5, 0.6) is 11.5 Å². The van der Waals surface area contributed by atoms with Crippen LogP contribution in [0.15, 0.2) is 73.8 Å². The van der Waals surface area contributed by atoms with Crippen molar-refractivity contribution in [2.24, 2.45) is 0 Å². The minimum absolute atomic E-state index is 0.0832. The molecule has 35 heavy (non-hydrogen) atoms. The number of nitrogens with zero attached hydrogens (tertiary/aromatic N) is 1. The largest absolute Gasteiger partial charge is 0.507 e. The van der Waals surface area contributed by atoms with Gasteiger partial charge in [0, 0.05) is 21.7 Å². The Hall–Kier alpha value is -3.08. The van der Waals surface area contributed by atoms with E-state index < -0.39 is 5.82 Å². The van der Waals surface area contributed by atoms with E-state index in [-0.39, 0.29) is 17.5 Å². The van der Waals surface area contributed by atoms with Crippen molar-refractivity contribution < 1.29 is 14.6 Å². The van der Waals surface area contributed by atoms with Gasteiger partial charge in [-0.05, 0) is 91.9 Å². The maximum Gasteiger partial charge on any atom is 0.128 e. The lowest BCUT2D eigenvalue weighted by Gasteiger charge is -2.36. The molecular formula is C30H31ClFNO2. The number of halogens is 2. The fourth-order valence-electron chi connectivity index (χ4n) is 4.97. The summed E-state index contributed by atoms with van der Waals surface area (Å²) in [5.41, 5.74) is 4.47. The second-order valence-corrected chi connectivity index (χ2v) is 9.49. The van der Waals surface area contributed by atoms with Gasteiger partial charge in [0.1, 0.15) is 17.3 Å². The standard InChI is InChI=1S/C30H31ClFNO2/c1-3-8-20-10-13-28(34)24(16-20)25-17-21(9-4-2)18-26(30(25)35)29(33-14-6-5-7-15-33)23-12-11-22(32)19-27(23)31/h3-4,10-13,16-19,29,34-35H,1-2,5-9,14-15H2. The molecule has 4 rings (SSSR count). The molecule has 1 saturated heterocycles. The van der Waals surface area contributed by atoms with Crippen LogP contribution in [0.4, 0.5) is 4.39 Å². The first-order valence-electron chi connectivity index (χ1n) is 12.0. The van der Waals surface area contributed by atoms with Gasteiger partial charge in [-0.1, -0.05) is 42.3 Å². The molecule has 1 atom stereocenters. The van der Waals surface area contributed by atoms with Gasteiger partial charge in [0.05, 0.1) is 6.04 Å². The highest BCUT2D eigenvalue weighted by molar-refractivity contribution is 6.31. The van der Waals surface area contributed by atoms with Crippen molar-refractivity contribution in [1.82, 2.24) is 4.90 Å². The van der Waals surface area contributed by atoms with Gasteiger partial charge in [-0.15, -0.1) is 13.2 Å². The van der Waals surface area contributed by atoms with Gasteiger partial charge in [0.15, 0.2) is 0 Å². The van der Waals surface area contributed by atoms with Crippen LogP contribution in [-0.2, 0) is 12.8 Å². The van der Waals surface area contributed by atoms with E-state index >= 15 is 0 Å². The molecule has 182 valence electrons. The average Bonchev–Trinajstić information content (AvgIpc) is 2.84. The highest BCUT2D eigenvalue weighted by Gasteiger charge is 2.30. The Balaban J connectivity index is 1.95. The predicted molar refractivity (Wildman–Crippen MR) is 142 cm³/mol. The molecule has 1 fully saturated rings. The van der Waals surface area contributed by atoms with E-state index in [0.717, 1.165) is 49.0 Å². The van der Waals surface area contributed by atoms with Crippen LogP contribution in [0.3, 0.4) is 0 Å². The fourth-order valence-corrected chi connectivity index (χ4v) is 5.24. The maximum atomic E-state index is 13.9. The first kappa shape index (κ1) is 25.0. The number of piperidine rings is 1. The third-order valence-electron chi connectivity index (χ3n) is 6.62. The Morgan fingerprint density at radius 3 is 2.23 bits per heavy atom. The van der Waals surface area contributed by atoms with Crippen molar-refractivity contribution >= 4 is 11.6 Å². The van der Waals surface area contributed by atoms with Gasteiger partial charge in [0.25, 0.3) is 0 Å². The summed E-state index contributed by atoms with van der Waals surface area (Å²) in [7, 11) is 0. The van der Waals surface area contributed by atoms with Gasteiger partial charge in [-0.2, -0.15) is 0 Å². The molecule has 0 bridgehead atoms. The first-order valence-corrected chi connectivity index (χ1v) is 12.4. The Morgan fingerprint density at radius 1 is 0.857 bits per heavy atom. The Labute approximate surface area is 211 Å². The van der Waals surface area contributed by atoms with Crippen LogP contribution in [0.2, 0.25) is 5.02 Å². The summed E-state index contributed by atoms with van der Waals surface area (Å²) in [6.45, 7) is 9.39. The zero-order valence-electron chi connectivity index (χ0n) is 19.8. The summed E-state index contributed by atoms with van der Waals surface area (Å²) in [5.74, 6) is -0.227. The molecule has 3 nitrogen and oxygen atoms in total. The molecule has 0 spiro atoms. The lowest BCUT2D eigenvalue weighted by Crippen LogP contribution is -2.34. The van der Waals surface area contributed by atoms with Gasteiger partial charge in [-0.3, -0.25) is 4.90 Å². The number of rotatable bonds is 8. The van der Waals surface area contributed by atoms with Crippen LogP contribution in [0.1, 0.15) is 47.6 Å². The van der Waals surface area contributed by atoms with E-state index in [1.165, 1.54) is 12.1 Å². The summed E-state index contributed by atoms with van der Waals surface area (Å²) < 4.78 is 13.9. The lowest BCUT2D eigenvalue weighted by molar-refractivity contribution is 0.185. The second-order valence-electron chi connectivity index (χ2n) is 9.08. The van der Waals surface area contributed by atoms with Crippen LogP contribution < -0.4 is 0 Å². The van der Waals surface area contributed by atoms with Gasteiger partial charge in [0.2, 0.25) is 0 Å². The zero-order chi connectivity index (χ0) is 24.9. The van der Waals surface area contributed by atoms with Crippen molar-refractivity contribution in [2.75, 3.05) is 13.1 Å². The molecule has 1 aliphatic rings. The average molecular weight is 492 g/mol.